The van der Waals surface area contributed by atoms with Crippen molar-refractivity contribution in [2.24, 2.45) is 5.73 Å². The summed E-state index contributed by atoms with van der Waals surface area (Å²) in [6.07, 6.45) is 0. The van der Waals surface area contributed by atoms with Crippen LogP contribution in [-0.4, -0.2) is 22.1 Å². The van der Waals surface area contributed by atoms with Gasteiger partial charge in [-0.3, -0.25) is 4.79 Å². The molecule has 0 unspecified atom stereocenters. The summed E-state index contributed by atoms with van der Waals surface area (Å²) >= 11 is 0. The molecule has 0 atom stereocenters. The smallest absolute Gasteiger partial charge is 0.248 e. The average molecular weight is 263 g/mol. The summed E-state index contributed by atoms with van der Waals surface area (Å²) in [5, 5.41) is 3.04. The lowest BCUT2D eigenvalue weighted by Gasteiger charge is -2.39. The number of fused-ring (bicyclic) bond motifs is 1. The molecule has 1 heterocycles. The molecule has 4 heteroatoms. The maximum atomic E-state index is 11.3. The van der Waals surface area contributed by atoms with Crippen molar-refractivity contribution in [2.75, 3.05) is 0 Å². The predicted octanol–water partition coefficient (Wildman–Crippen LogP) is 1.63. The second-order valence-corrected chi connectivity index (χ2v) is 16.0. The Hall–Kier alpha value is -0.876. The summed E-state index contributed by atoms with van der Waals surface area (Å²) in [6.45, 7) is 9.67. The SMILES string of the molecule is C[Si]1(C)CC[Si](C)(C)c2cc(C(N)=O)ccc21. The van der Waals surface area contributed by atoms with E-state index in [2.05, 4.69) is 38.3 Å². The van der Waals surface area contributed by atoms with E-state index in [0.717, 1.165) is 0 Å². The van der Waals surface area contributed by atoms with Crippen LogP contribution >= 0.6 is 0 Å². The first kappa shape index (κ1) is 12.6. The standard InChI is InChI=1S/C13H21NOSi2/c1-16(2)7-8-17(3,4)12-9-10(13(14)15)5-6-11(12)16/h5-6,9H,7-8H2,1-4H3,(H2,14,15). The number of hydrogen-bond acceptors (Lipinski definition) is 1. The highest BCUT2D eigenvalue weighted by atomic mass is 28.3. The van der Waals surface area contributed by atoms with Crippen LogP contribution in [0.3, 0.4) is 0 Å². The molecule has 0 saturated carbocycles. The molecule has 17 heavy (non-hydrogen) atoms. The van der Waals surface area contributed by atoms with Crippen LogP contribution in [0.4, 0.5) is 0 Å². The number of primary amides is 1. The highest BCUT2D eigenvalue weighted by Crippen LogP contribution is 2.25. The number of hydrogen-bond donors (Lipinski definition) is 1. The van der Waals surface area contributed by atoms with Crippen LogP contribution in [0.1, 0.15) is 10.4 Å². The summed E-state index contributed by atoms with van der Waals surface area (Å²) in [5.41, 5.74) is 6.07. The first-order valence-corrected chi connectivity index (χ1v) is 12.6. The lowest BCUT2D eigenvalue weighted by molar-refractivity contribution is 0.100. The summed E-state index contributed by atoms with van der Waals surface area (Å²) < 4.78 is 0. The molecule has 1 aromatic rings. The van der Waals surface area contributed by atoms with Gasteiger partial charge in [0.05, 0.1) is 16.1 Å². The number of nitrogens with two attached hydrogens (primary N) is 1. The van der Waals surface area contributed by atoms with Gasteiger partial charge in [-0.15, -0.1) is 0 Å². The Labute approximate surface area is 105 Å². The van der Waals surface area contributed by atoms with Crippen LogP contribution in [0.2, 0.25) is 38.3 Å². The van der Waals surface area contributed by atoms with Crippen LogP contribution in [0.25, 0.3) is 0 Å². The highest BCUT2D eigenvalue weighted by molar-refractivity contribution is 7.03. The van der Waals surface area contributed by atoms with E-state index in [1.165, 1.54) is 17.3 Å². The zero-order chi connectivity index (χ0) is 12.8. The second-order valence-electron chi connectivity index (χ2n) is 6.39. The molecule has 1 amide bonds. The zero-order valence-electron chi connectivity index (χ0n) is 11.1. The van der Waals surface area contributed by atoms with E-state index in [0.29, 0.717) is 5.56 Å². The molecule has 0 bridgehead atoms. The maximum absolute atomic E-state index is 11.3. The molecule has 0 radical (unpaired) electrons. The first-order chi connectivity index (χ1) is 7.74. The summed E-state index contributed by atoms with van der Waals surface area (Å²) in [5.74, 6) is -0.303. The second kappa shape index (κ2) is 3.81. The van der Waals surface area contributed by atoms with Gasteiger partial charge in [-0.1, -0.05) is 60.8 Å². The number of benzene rings is 1. The van der Waals surface area contributed by atoms with Gasteiger partial charge in [0.2, 0.25) is 5.91 Å². The van der Waals surface area contributed by atoms with Crippen LogP contribution in [0.5, 0.6) is 0 Å². The molecule has 0 saturated heterocycles. The quantitative estimate of drug-likeness (QED) is 0.769. The van der Waals surface area contributed by atoms with E-state index in [1.54, 1.807) is 5.19 Å². The van der Waals surface area contributed by atoms with Gasteiger partial charge in [0, 0.05) is 5.56 Å². The van der Waals surface area contributed by atoms with Crippen molar-refractivity contribution in [3.63, 3.8) is 0 Å². The molecule has 0 fully saturated rings. The molecule has 0 aromatic heterocycles. The molecule has 2 rings (SSSR count). The molecule has 0 aliphatic carbocycles. The Morgan fingerprint density at radius 1 is 1.06 bits per heavy atom. The van der Waals surface area contributed by atoms with Crippen molar-refractivity contribution >= 4 is 32.4 Å². The number of amides is 1. The van der Waals surface area contributed by atoms with Crippen molar-refractivity contribution in [1.82, 2.24) is 0 Å². The van der Waals surface area contributed by atoms with Crippen LogP contribution in [0, 0.1) is 0 Å². The molecule has 2 nitrogen and oxygen atoms in total. The fraction of sp³-hybridized carbons (Fsp3) is 0.462. The van der Waals surface area contributed by atoms with Gasteiger partial charge in [0.25, 0.3) is 0 Å². The van der Waals surface area contributed by atoms with E-state index in [-0.39, 0.29) is 5.91 Å². The van der Waals surface area contributed by atoms with E-state index < -0.39 is 16.1 Å². The number of rotatable bonds is 1. The van der Waals surface area contributed by atoms with Gasteiger partial charge in [-0.2, -0.15) is 0 Å². The number of carbonyl (C=O) groups is 1. The predicted molar refractivity (Wildman–Crippen MR) is 78.8 cm³/mol. The molecular formula is C13H21NOSi2. The average Bonchev–Trinajstić information content (AvgIpc) is 2.24. The summed E-state index contributed by atoms with van der Waals surface area (Å²) in [6, 6.07) is 8.90. The van der Waals surface area contributed by atoms with E-state index in [4.69, 9.17) is 5.73 Å². The Morgan fingerprint density at radius 2 is 1.59 bits per heavy atom. The Kier molecular flexibility index (Phi) is 2.82. The zero-order valence-corrected chi connectivity index (χ0v) is 13.1. The normalized spacial score (nSPS) is 20.7. The molecule has 92 valence electrons. The maximum Gasteiger partial charge on any atom is 0.248 e. The van der Waals surface area contributed by atoms with E-state index >= 15 is 0 Å². The molecule has 1 aliphatic heterocycles. The van der Waals surface area contributed by atoms with Gasteiger partial charge < -0.3 is 5.73 Å². The minimum absolute atomic E-state index is 0.303. The Bertz CT molecular complexity index is 480. The van der Waals surface area contributed by atoms with Crippen LogP contribution < -0.4 is 16.1 Å². The minimum atomic E-state index is -1.35. The van der Waals surface area contributed by atoms with Crippen LogP contribution in [0.15, 0.2) is 18.2 Å². The Morgan fingerprint density at radius 3 is 2.12 bits per heavy atom. The fourth-order valence-corrected chi connectivity index (χ4v) is 13.0. The van der Waals surface area contributed by atoms with E-state index in [1.807, 2.05) is 6.07 Å². The van der Waals surface area contributed by atoms with Gasteiger partial charge in [0.1, 0.15) is 0 Å². The third-order valence-electron chi connectivity index (χ3n) is 4.14. The van der Waals surface area contributed by atoms with Gasteiger partial charge in [-0.05, 0) is 6.07 Å². The third-order valence-corrected chi connectivity index (χ3v) is 11.7. The topological polar surface area (TPSA) is 43.1 Å². The summed E-state index contributed by atoms with van der Waals surface area (Å²) in [4.78, 5) is 11.3. The largest absolute Gasteiger partial charge is 0.366 e. The molecular weight excluding hydrogens is 242 g/mol. The Balaban J connectivity index is 2.64. The van der Waals surface area contributed by atoms with Gasteiger partial charge in [-0.25, -0.2) is 0 Å². The molecule has 1 aromatic carbocycles. The first-order valence-electron chi connectivity index (χ1n) is 6.19. The van der Waals surface area contributed by atoms with Crippen molar-refractivity contribution < 1.29 is 4.79 Å². The van der Waals surface area contributed by atoms with Crippen molar-refractivity contribution in [2.45, 2.75) is 38.3 Å². The highest BCUT2D eigenvalue weighted by Gasteiger charge is 2.39. The van der Waals surface area contributed by atoms with Gasteiger partial charge in [0.15, 0.2) is 0 Å². The molecule has 0 spiro atoms. The monoisotopic (exact) mass is 263 g/mol. The molecule has 1 aliphatic rings. The minimum Gasteiger partial charge on any atom is -0.366 e. The summed E-state index contributed by atoms with van der Waals surface area (Å²) in [7, 11) is -2.63. The van der Waals surface area contributed by atoms with Crippen LogP contribution in [-0.2, 0) is 0 Å². The lowest BCUT2D eigenvalue weighted by atomic mass is 10.2. The van der Waals surface area contributed by atoms with Crippen molar-refractivity contribution in [3.8, 4) is 0 Å². The fourth-order valence-electron chi connectivity index (χ4n) is 2.74. The lowest BCUT2D eigenvalue weighted by Crippen LogP contribution is -2.63. The van der Waals surface area contributed by atoms with Gasteiger partial charge >= 0.3 is 0 Å². The van der Waals surface area contributed by atoms with Crippen molar-refractivity contribution in [3.05, 3.63) is 23.8 Å². The number of carbonyl (C=O) groups excluding carboxylic acids is 1. The van der Waals surface area contributed by atoms with Crippen molar-refractivity contribution in [1.29, 1.82) is 0 Å². The van der Waals surface area contributed by atoms with E-state index in [9.17, 15) is 4.79 Å². The molecule has 2 N–H and O–H groups in total. The third kappa shape index (κ3) is 2.11.